The van der Waals surface area contributed by atoms with Gasteiger partial charge in [-0.25, -0.2) is 9.18 Å². The number of rotatable bonds is 4. The number of carbonyl (C=O) groups is 1. The lowest BCUT2D eigenvalue weighted by atomic mass is 10.1. The van der Waals surface area contributed by atoms with Crippen LogP contribution in [0.5, 0.6) is 5.75 Å². The highest BCUT2D eigenvalue weighted by atomic mass is 19.1. The van der Waals surface area contributed by atoms with E-state index in [-0.39, 0.29) is 12.2 Å². The second-order valence-electron chi connectivity index (χ2n) is 4.66. The smallest absolute Gasteiger partial charge is 0.336 e. The summed E-state index contributed by atoms with van der Waals surface area (Å²) in [6, 6.07) is 9.33. The monoisotopic (exact) mass is 274 g/mol. The standard InChI is InChI=1S/C16H15FO3/c1-10-3-4-11(2)15(7-10)20-9-12-8-13(17)5-6-14(12)16(18)19/h3-8H,9H2,1-2H3,(H,18,19). The molecular weight excluding hydrogens is 259 g/mol. The van der Waals surface area contributed by atoms with E-state index in [1.807, 2.05) is 32.0 Å². The number of aryl methyl sites for hydroxylation is 2. The summed E-state index contributed by atoms with van der Waals surface area (Å²) >= 11 is 0. The Morgan fingerprint density at radius 1 is 1.20 bits per heavy atom. The summed E-state index contributed by atoms with van der Waals surface area (Å²) in [7, 11) is 0. The van der Waals surface area contributed by atoms with Gasteiger partial charge in [0.05, 0.1) is 5.56 Å². The molecule has 20 heavy (non-hydrogen) atoms. The van der Waals surface area contributed by atoms with Crippen molar-refractivity contribution in [3.8, 4) is 5.75 Å². The van der Waals surface area contributed by atoms with Crippen LogP contribution in [0.2, 0.25) is 0 Å². The molecule has 0 radical (unpaired) electrons. The molecule has 2 rings (SSSR count). The number of halogens is 1. The zero-order valence-electron chi connectivity index (χ0n) is 11.3. The number of benzene rings is 2. The molecule has 0 bridgehead atoms. The first-order valence-electron chi connectivity index (χ1n) is 6.19. The van der Waals surface area contributed by atoms with E-state index in [2.05, 4.69) is 0 Å². The van der Waals surface area contributed by atoms with Gasteiger partial charge in [-0.15, -0.1) is 0 Å². The fraction of sp³-hybridized carbons (Fsp3) is 0.188. The molecule has 0 spiro atoms. The van der Waals surface area contributed by atoms with E-state index in [0.29, 0.717) is 11.3 Å². The van der Waals surface area contributed by atoms with Crippen LogP contribution in [0.25, 0.3) is 0 Å². The Labute approximate surface area is 116 Å². The van der Waals surface area contributed by atoms with Crippen molar-refractivity contribution >= 4 is 5.97 Å². The molecule has 0 aromatic heterocycles. The lowest BCUT2D eigenvalue weighted by Gasteiger charge is -2.11. The summed E-state index contributed by atoms with van der Waals surface area (Å²) in [5, 5.41) is 9.07. The molecule has 3 nitrogen and oxygen atoms in total. The SMILES string of the molecule is Cc1ccc(C)c(OCc2cc(F)ccc2C(=O)O)c1. The van der Waals surface area contributed by atoms with Crippen LogP contribution in [0.3, 0.4) is 0 Å². The second-order valence-corrected chi connectivity index (χ2v) is 4.66. The molecule has 1 N–H and O–H groups in total. The van der Waals surface area contributed by atoms with Crippen LogP contribution in [0.4, 0.5) is 4.39 Å². The zero-order chi connectivity index (χ0) is 14.7. The Hall–Kier alpha value is -2.36. The van der Waals surface area contributed by atoms with E-state index in [4.69, 9.17) is 9.84 Å². The predicted molar refractivity (Wildman–Crippen MR) is 73.6 cm³/mol. The molecular formula is C16H15FO3. The van der Waals surface area contributed by atoms with Gasteiger partial charge in [-0.05, 0) is 49.2 Å². The first-order chi connectivity index (χ1) is 9.47. The van der Waals surface area contributed by atoms with Crippen LogP contribution >= 0.6 is 0 Å². The average molecular weight is 274 g/mol. The van der Waals surface area contributed by atoms with Gasteiger partial charge in [-0.2, -0.15) is 0 Å². The van der Waals surface area contributed by atoms with Crippen molar-refractivity contribution in [2.75, 3.05) is 0 Å². The molecule has 0 atom stereocenters. The number of hydrogen-bond donors (Lipinski definition) is 1. The number of carboxylic acid groups (broad SMARTS) is 1. The normalized spacial score (nSPS) is 10.3. The molecule has 0 heterocycles. The van der Waals surface area contributed by atoms with Crippen LogP contribution in [0.1, 0.15) is 27.0 Å². The fourth-order valence-electron chi connectivity index (χ4n) is 1.91. The first-order valence-corrected chi connectivity index (χ1v) is 6.19. The number of hydrogen-bond acceptors (Lipinski definition) is 2. The molecule has 2 aromatic rings. The van der Waals surface area contributed by atoms with Crippen LogP contribution < -0.4 is 4.74 Å². The quantitative estimate of drug-likeness (QED) is 0.924. The van der Waals surface area contributed by atoms with Gasteiger partial charge in [-0.3, -0.25) is 0 Å². The second kappa shape index (κ2) is 5.74. The van der Waals surface area contributed by atoms with Gasteiger partial charge >= 0.3 is 5.97 Å². The maximum atomic E-state index is 13.2. The van der Waals surface area contributed by atoms with Gasteiger partial charge in [0.15, 0.2) is 0 Å². The Morgan fingerprint density at radius 3 is 2.65 bits per heavy atom. The maximum absolute atomic E-state index is 13.2. The zero-order valence-corrected chi connectivity index (χ0v) is 11.3. The van der Waals surface area contributed by atoms with E-state index in [1.165, 1.54) is 12.1 Å². The molecule has 0 amide bonds. The summed E-state index contributed by atoms with van der Waals surface area (Å²) in [5.41, 5.74) is 2.36. The number of carboxylic acids is 1. The molecule has 2 aromatic carbocycles. The molecule has 0 aliphatic heterocycles. The van der Waals surface area contributed by atoms with Gasteiger partial charge < -0.3 is 9.84 Å². The first kappa shape index (κ1) is 14.1. The minimum atomic E-state index is -1.09. The fourth-order valence-corrected chi connectivity index (χ4v) is 1.91. The minimum Gasteiger partial charge on any atom is -0.489 e. The van der Waals surface area contributed by atoms with Crippen molar-refractivity contribution in [2.24, 2.45) is 0 Å². The molecule has 4 heteroatoms. The molecule has 0 fully saturated rings. The van der Waals surface area contributed by atoms with Crippen molar-refractivity contribution in [1.29, 1.82) is 0 Å². The van der Waals surface area contributed by atoms with Crippen LogP contribution in [0.15, 0.2) is 36.4 Å². The van der Waals surface area contributed by atoms with Crippen LogP contribution in [-0.4, -0.2) is 11.1 Å². The van der Waals surface area contributed by atoms with Gasteiger partial charge in [0.2, 0.25) is 0 Å². The van der Waals surface area contributed by atoms with Crippen LogP contribution in [-0.2, 0) is 6.61 Å². The van der Waals surface area contributed by atoms with Crippen molar-refractivity contribution < 1.29 is 19.0 Å². The maximum Gasteiger partial charge on any atom is 0.336 e. The predicted octanol–water partition coefficient (Wildman–Crippen LogP) is 3.72. The third-order valence-corrected chi connectivity index (χ3v) is 3.02. The van der Waals surface area contributed by atoms with Crippen molar-refractivity contribution in [3.05, 3.63) is 64.5 Å². The van der Waals surface area contributed by atoms with Crippen LogP contribution in [0, 0.1) is 19.7 Å². The average Bonchev–Trinajstić information content (AvgIpc) is 2.39. The lowest BCUT2D eigenvalue weighted by Crippen LogP contribution is -2.06. The van der Waals surface area contributed by atoms with E-state index in [1.54, 1.807) is 0 Å². The Morgan fingerprint density at radius 2 is 1.95 bits per heavy atom. The Kier molecular flexibility index (Phi) is 4.03. The molecule has 0 saturated heterocycles. The third-order valence-electron chi connectivity index (χ3n) is 3.02. The molecule has 0 aliphatic rings. The van der Waals surface area contributed by atoms with Gasteiger partial charge in [0.25, 0.3) is 0 Å². The Balaban J connectivity index is 2.24. The minimum absolute atomic E-state index is 0.0175. The highest BCUT2D eigenvalue weighted by molar-refractivity contribution is 5.89. The van der Waals surface area contributed by atoms with Gasteiger partial charge in [0, 0.05) is 5.56 Å². The summed E-state index contributed by atoms with van der Waals surface area (Å²) in [6.45, 7) is 3.86. The highest BCUT2D eigenvalue weighted by Gasteiger charge is 2.12. The largest absolute Gasteiger partial charge is 0.489 e. The number of ether oxygens (including phenoxy) is 1. The lowest BCUT2D eigenvalue weighted by molar-refractivity contribution is 0.0694. The molecule has 104 valence electrons. The highest BCUT2D eigenvalue weighted by Crippen LogP contribution is 2.21. The van der Waals surface area contributed by atoms with E-state index in [9.17, 15) is 9.18 Å². The summed E-state index contributed by atoms with van der Waals surface area (Å²) in [6.07, 6.45) is 0. The van der Waals surface area contributed by atoms with Gasteiger partial charge in [0.1, 0.15) is 18.2 Å². The summed E-state index contributed by atoms with van der Waals surface area (Å²) in [4.78, 5) is 11.1. The van der Waals surface area contributed by atoms with Gasteiger partial charge in [-0.1, -0.05) is 12.1 Å². The third kappa shape index (κ3) is 3.15. The molecule has 0 unspecified atom stereocenters. The summed E-state index contributed by atoms with van der Waals surface area (Å²) in [5.74, 6) is -0.898. The van der Waals surface area contributed by atoms with Crippen molar-refractivity contribution in [2.45, 2.75) is 20.5 Å². The molecule has 0 saturated carbocycles. The number of aromatic carboxylic acids is 1. The molecule has 0 aliphatic carbocycles. The van der Waals surface area contributed by atoms with E-state index >= 15 is 0 Å². The van der Waals surface area contributed by atoms with Crippen molar-refractivity contribution in [1.82, 2.24) is 0 Å². The Bertz CT molecular complexity index is 650. The summed E-state index contributed by atoms with van der Waals surface area (Å²) < 4.78 is 18.9. The van der Waals surface area contributed by atoms with E-state index < -0.39 is 11.8 Å². The topological polar surface area (TPSA) is 46.5 Å². The van der Waals surface area contributed by atoms with E-state index in [0.717, 1.165) is 17.2 Å². The van der Waals surface area contributed by atoms with Crippen molar-refractivity contribution in [3.63, 3.8) is 0 Å².